The van der Waals surface area contributed by atoms with E-state index in [0.717, 1.165) is 19.3 Å². The Kier molecular flexibility index (Phi) is 18.8. The molecule has 2 N–H and O–H groups in total. The van der Waals surface area contributed by atoms with Gasteiger partial charge in [0, 0.05) is 137 Å². The third-order valence-corrected chi connectivity index (χ3v) is 5.14. The molecule has 0 aliphatic heterocycles. The summed E-state index contributed by atoms with van der Waals surface area (Å²) < 4.78 is 0. The molecule has 5 atom stereocenters. The van der Waals surface area contributed by atoms with Gasteiger partial charge in [-0.2, -0.15) is 0 Å². The fourth-order valence-corrected chi connectivity index (χ4v) is 4.25. The van der Waals surface area contributed by atoms with E-state index in [-0.39, 0.29) is 137 Å². The summed E-state index contributed by atoms with van der Waals surface area (Å²) in [7, 11) is 0. The van der Waals surface area contributed by atoms with Gasteiger partial charge in [-0.15, -0.1) is 0 Å². The Morgan fingerprint density at radius 3 is 2.21 bits per heavy atom. The first-order valence-corrected chi connectivity index (χ1v) is 6.38. The van der Waals surface area contributed by atoms with Gasteiger partial charge >= 0.3 is 0 Å². The van der Waals surface area contributed by atoms with Gasteiger partial charge in [0.1, 0.15) is 0 Å². The van der Waals surface area contributed by atoms with E-state index in [0.29, 0.717) is 29.8 Å². The van der Waals surface area contributed by atoms with Gasteiger partial charge in [0.2, 0.25) is 0 Å². The van der Waals surface area contributed by atoms with Crippen LogP contribution >= 0.6 is 0 Å². The van der Waals surface area contributed by atoms with E-state index in [2.05, 4.69) is 13.8 Å². The standard InChI is InChI=1S/C13H24O2.4Y/c1-9(8-14)10-5-6-11-12(15)4-3-7-13(10,11)2;;;;/h9-12,14-15H,3-8H2,1-2H3;;;;/t9-,10?,11+,12+,13-;;;;/m1..../s1. The quantitative estimate of drug-likeness (QED) is 0.537. The van der Waals surface area contributed by atoms with Crippen LogP contribution in [0.1, 0.15) is 46.0 Å². The van der Waals surface area contributed by atoms with Crippen molar-refractivity contribution in [3.63, 3.8) is 0 Å². The van der Waals surface area contributed by atoms with E-state index >= 15 is 0 Å². The molecule has 0 amide bonds. The maximum absolute atomic E-state index is 10.1. The van der Waals surface area contributed by atoms with Gasteiger partial charge in [-0.1, -0.05) is 20.3 Å². The summed E-state index contributed by atoms with van der Waals surface area (Å²) >= 11 is 0. The van der Waals surface area contributed by atoms with Crippen LogP contribution in [0, 0.1) is 23.2 Å². The predicted octanol–water partition coefficient (Wildman–Crippen LogP) is 2.18. The van der Waals surface area contributed by atoms with Gasteiger partial charge in [0.25, 0.3) is 0 Å². The molecule has 0 aromatic carbocycles. The van der Waals surface area contributed by atoms with E-state index in [9.17, 15) is 10.2 Å². The number of hydrogen-bond acceptors (Lipinski definition) is 2. The van der Waals surface area contributed by atoms with Gasteiger partial charge < -0.3 is 10.2 Å². The van der Waals surface area contributed by atoms with Crippen LogP contribution in [-0.4, -0.2) is 22.9 Å². The topological polar surface area (TPSA) is 40.5 Å². The minimum absolute atomic E-state index is 0. The fraction of sp³-hybridized carbons (Fsp3) is 1.00. The van der Waals surface area contributed by atoms with Crippen LogP contribution in [0.4, 0.5) is 0 Å². The maximum Gasteiger partial charge on any atom is 0.0573 e. The SMILES string of the molecule is C[C@H](CO)C1CC[C@H]2[C@@H](O)CCC[C@]12C.[Y].[Y].[Y].[Y]. The molecule has 1 unspecified atom stereocenters. The van der Waals surface area contributed by atoms with Crippen LogP contribution < -0.4 is 0 Å². The van der Waals surface area contributed by atoms with Gasteiger partial charge in [0.15, 0.2) is 0 Å². The molecule has 0 aromatic rings. The molecular formula is C13H24O2Y4. The summed E-state index contributed by atoms with van der Waals surface area (Å²) in [4.78, 5) is 0. The normalized spacial score (nSPS) is 37.6. The summed E-state index contributed by atoms with van der Waals surface area (Å²) in [5, 5.41) is 19.4. The van der Waals surface area contributed by atoms with Crippen LogP contribution in [0.25, 0.3) is 0 Å². The second-order valence-electron chi connectivity index (χ2n) is 5.92. The van der Waals surface area contributed by atoms with Crippen molar-refractivity contribution in [2.45, 2.75) is 52.1 Å². The monoisotopic (exact) mass is 568 g/mol. The Hall–Kier alpha value is 4.34. The van der Waals surface area contributed by atoms with Crippen molar-refractivity contribution in [1.29, 1.82) is 0 Å². The van der Waals surface area contributed by atoms with E-state index < -0.39 is 0 Å². The van der Waals surface area contributed by atoms with Gasteiger partial charge in [-0.05, 0) is 48.9 Å². The molecule has 0 heterocycles. The van der Waals surface area contributed by atoms with Crippen LogP contribution in [-0.2, 0) is 131 Å². The van der Waals surface area contributed by atoms with Crippen molar-refractivity contribution < 1.29 is 141 Å². The zero-order chi connectivity index (χ0) is 11.1. The van der Waals surface area contributed by atoms with Crippen LogP contribution in [0.15, 0.2) is 0 Å². The molecule has 2 rings (SSSR count). The van der Waals surface area contributed by atoms with Crippen molar-refractivity contribution >= 4 is 0 Å². The number of aliphatic hydroxyl groups excluding tert-OH is 2. The number of rotatable bonds is 2. The molecule has 2 aliphatic carbocycles. The molecule has 19 heavy (non-hydrogen) atoms. The molecule has 100 valence electrons. The molecule has 2 aliphatic rings. The maximum atomic E-state index is 10.1. The Morgan fingerprint density at radius 2 is 1.68 bits per heavy atom. The summed E-state index contributed by atoms with van der Waals surface area (Å²) in [6.45, 7) is 4.78. The minimum Gasteiger partial charge on any atom is -0.396 e. The summed E-state index contributed by atoms with van der Waals surface area (Å²) in [5.74, 6) is 1.50. The molecule has 4 radical (unpaired) electrons. The summed E-state index contributed by atoms with van der Waals surface area (Å²) in [6, 6.07) is 0. The molecule has 2 saturated carbocycles. The third-order valence-electron chi connectivity index (χ3n) is 5.14. The van der Waals surface area contributed by atoms with Crippen LogP contribution in [0.3, 0.4) is 0 Å². The van der Waals surface area contributed by atoms with Gasteiger partial charge in [-0.3, -0.25) is 0 Å². The predicted molar refractivity (Wildman–Crippen MR) is 60.4 cm³/mol. The minimum atomic E-state index is -0.0837. The number of hydrogen-bond donors (Lipinski definition) is 2. The van der Waals surface area contributed by atoms with Gasteiger partial charge in [0.05, 0.1) is 6.10 Å². The van der Waals surface area contributed by atoms with Crippen molar-refractivity contribution in [2.75, 3.05) is 6.61 Å². The first-order chi connectivity index (χ1) is 7.09. The third kappa shape index (κ3) is 6.29. The Morgan fingerprint density at radius 1 is 1.11 bits per heavy atom. The van der Waals surface area contributed by atoms with Crippen molar-refractivity contribution in [2.24, 2.45) is 23.2 Å². The molecule has 0 spiro atoms. The van der Waals surface area contributed by atoms with Gasteiger partial charge in [-0.25, -0.2) is 0 Å². The van der Waals surface area contributed by atoms with E-state index in [1.807, 2.05) is 0 Å². The van der Waals surface area contributed by atoms with E-state index in [1.165, 1.54) is 12.8 Å². The largest absolute Gasteiger partial charge is 0.396 e. The second kappa shape index (κ2) is 12.7. The molecule has 0 aromatic heterocycles. The zero-order valence-corrected chi connectivity index (χ0v) is 23.6. The second-order valence-corrected chi connectivity index (χ2v) is 5.92. The van der Waals surface area contributed by atoms with E-state index in [1.54, 1.807) is 0 Å². The summed E-state index contributed by atoms with van der Waals surface area (Å²) in [6.07, 6.45) is 5.65. The Labute approximate surface area is 218 Å². The van der Waals surface area contributed by atoms with Crippen LogP contribution in [0.2, 0.25) is 0 Å². The molecule has 0 bridgehead atoms. The Bertz CT molecular complexity index is 243. The average molecular weight is 568 g/mol. The molecule has 0 saturated heterocycles. The molecule has 2 fully saturated rings. The number of aliphatic hydroxyl groups is 2. The van der Waals surface area contributed by atoms with Crippen molar-refractivity contribution in [1.82, 2.24) is 0 Å². The molecule has 2 nitrogen and oxygen atoms in total. The fourth-order valence-electron chi connectivity index (χ4n) is 4.25. The van der Waals surface area contributed by atoms with Crippen molar-refractivity contribution in [3.8, 4) is 0 Å². The number of fused-ring (bicyclic) bond motifs is 1. The zero-order valence-electron chi connectivity index (χ0n) is 12.3. The van der Waals surface area contributed by atoms with E-state index in [4.69, 9.17) is 0 Å². The first-order valence-electron chi connectivity index (χ1n) is 6.38. The smallest absolute Gasteiger partial charge is 0.0573 e. The average Bonchev–Trinajstić information content (AvgIpc) is 2.56. The first kappa shape index (κ1) is 28.2. The summed E-state index contributed by atoms with van der Waals surface area (Å²) in [5.41, 5.74) is 0.291. The van der Waals surface area contributed by atoms with Crippen LogP contribution in [0.5, 0.6) is 0 Å². The molecular weight excluding hydrogens is 544 g/mol. The Balaban J connectivity index is -0.000000640. The van der Waals surface area contributed by atoms with Crippen molar-refractivity contribution in [3.05, 3.63) is 0 Å². The molecule has 6 heteroatoms.